The molecule has 0 aromatic rings. The molecule has 5 nitrogen and oxygen atoms in total. The molecule has 0 radical (unpaired) electrons. The van der Waals surface area contributed by atoms with Crippen LogP contribution in [0, 0.1) is 5.41 Å². The molecule has 0 fully saturated rings. The quantitative estimate of drug-likeness (QED) is 0.743. The van der Waals surface area contributed by atoms with Crippen molar-refractivity contribution in [2.75, 3.05) is 5.75 Å². The number of aliphatic carboxylic acids is 1. The topological polar surface area (TPSA) is 83.5 Å². The predicted molar refractivity (Wildman–Crippen MR) is 62.7 cm³/mol. The van der Waals surface area contributed by atoms with Gasteiger partial charge < -0.3 is 5.11 Å². The average molecular weight is 251 g/mol. The minimum absolute atomic E-state index is 0.00608. The van der Waals surface area contributed by atoms with E-state index in [9.17, 15) is 13.2 Å². The van der Waals surface area contributed by atoms with Crippen LogP contribution in [0.2, 0.25) is 0 Å². The lowest BCUT2D eigenvalue weighted by molar-refractivity contribution is -0.150. The van der Waals surface area contributed by atoms with E-state index in [1.165, 1.54) is 13.8 Å². The number of hydrogen-bond donors (Lipinski definition) is 2. The number of carbonyl (C=O) groups is 1. The Balaban J connectivity index is 5.03. The number of carboxylic acids is 1. The molecule has 0 amide bonds. The summed E-state index contributed by atoms with van der Waals surface area (Å²) in [5.74, 6) is -1.02. The largest absolute Gasteiger partial charge is 0.481 e. The van der Waals surface area contributed by atoms with Crippen molar-refractivity contribution in [3.63, 3.8) is 0 Å². The van der Waals surface area contributed by atoms with Crippen molar-refractivity contribution in [3.8, 4) is 0 Å². The lowest BCUT2D eigenvalue weighted by atomic mass is 9.75. The molecule has 0 saturated carbocycles. The summed E-state index contributed by atoms with van der Waals surface area (Å²) < 4.78 is 25.7. The highest BCUT2D eigenvalue weighted by Crippen LogP contribution is 2.31. The summed E-state index contributed by atoms with van der Waals surface area (Å²) in [6.07, 6.45) is 0.499. The van der Waals surface area contributed by atoms with Crippen LogP contribution in [-0.2, 0) is 14.8 Å². The molecule has 0 saturated heterocycles. The van der Waals surface area contributed by atoms with E-state index in [1.807, 2.05) is 0 Å². The fourth-order valence-corrected chi connectivity index (χ4v) is 2.78. The highest BCUT2D eigenvalue weighted by molar-refractivity contribution is 7.89. The number of sulfonamides is 1. The fraction of sp³-hybridized carbons (Fsp3) is 0.900. The zero-order valence-corrected chi connectivity index (χ0v) is 11.3. The van der Waals surface area contributed by atoms with Crippen molar-refractivity contribution in [2.45, 2.75) is 46.6 Å². The molecule has 96 valence electrons. The maximum atomic E-state index is 11.6. The van der Waals surface area contributed by atoms with Crippen molar-refractivity contribution in [2.24, 2.45) is 5.41 Å². The second kappa shape index (κ2) is 4.71. The Labute approximate surface area is 97.3 Å². The summed E-state index contributed by atoms with van der Waals surface area (Å²) in [6, 6.07) is 0. The van der Waals surface area contributed by atoms with E-state index in [4.69, 9.17) is 5.11 Å². The van der Waals surface area contributed by atoms with Crippen LogP contribution in [0.25, 0.3) is 0 Å². The van der Waals surface area contributed by atoms with Gasteiger partial charge >= 0.3 is 5.97 Å². The van der Waals surface area contributed by atoms with Crippen molar-refractivity contribution < 1.29 is 18.3 Å². The molecule has 6 heteroatoms. The van der Waals surface area contributed by atoms with Gasteiger partial charge in [0.25, 0.3) is 0 Å². The Kier molecular flexibility index (Phi) is 4.53. The van der Waals surface area contributed by atoms with E-state index in [1.54, 1.807) is 20.8 Å². The van der Waals surface area contributed by atoms with E-state index in [2.05, 4.69) is 4.72 Å². The number of nitrogens with one attached hydrogen (secondary N) is 1. The normalized spacial score (nSPS) is 13.8. The highest BCUT2D eigenvalue weighted by Gasteiger charge is 2.45. The van der Waals surface area contributed by atoms with Crippen molar-refractivity contribution in [3.05, 3.63) is 0 Å². The Morgan fingerprint density at radius 1 is 1.25 bits per heavy atom. The second-order valence-corrected chi connectivity index (χ2v) is 6.82. The summed E-state index contributed by atoms with van der Waals surface area (Å²) in [5.41, 5.74) is -2.21. The molecular formula is C10H21NO4S. The smallest absolute Gasteiger partial charge is 0.310 e. The third kappa shape index (κ3) is 3.45. The first-order chi connectivity index (χ1) is 6.96. The maximum absolute atomic E-state index is 11.6. The highest BCUT2D eigenvalue weighted by atomic mass is 32.2. The first-order valence-electron chi connectivity index (χ1n) is 5.21. The lowest BCUT2D eigenvalue weighted by Gasteiger charge is -2.38. The number of hydrogen-bond acceptors (Lipinski definition) is 3. The van der Waals surface area contributed by atoms with Gasteiger partial charge in [-0.05, 0) is 34.1 Å². The van der Waals surface area contributed by atoms with Crippen LogP contribution < -0.4 is 4.72 Å². The third-order valence-electron chi connectivity index (χ3n) is 2.98. The van der Waals surface area contributed by atoms with E-state index < -0.39 is 26.9 Å². The number of carboxylic acid groups (broad SMARTS) is 1. The van der Waals surface area contributed by atoms with Gasteiger partial charge in [-0.15, -0.1) is 0 Å². The zero-order valence-electron chi connectivity index (χ0n) is 10.5. The minimum Gasteiger partial charge on any atom is -0.481 e. The molecule has 0 atom stereocenters. The van der Waals surface area contributed by atoms with E-state index in [0.29, 0.717) is 6.42 Å². The van der Waals surface area contributed by atoms with Crippen LogP contribution >= 0.6 is 0 Å². The van der Waals surface area contributed by atoms with Gasteiger partial charge in [0.15, 0.2) is 0 Å². The zero-order chi connectivity index (χ0) is 13.2. The van der Waals surface area contributed by atoms with Gasteiger partial charge in [0.2, 0.25) is 10.0 Å². The molecule has 0 aromatic carbocycles. The Morgan fingerprint density at radius 2 is 1.69 bits per heavy atom. The monoisotopic (exact) mass is 251 g/mol. The van der Waals surface area contributed by atoms with Gasteiger partial charge in [-0.1, -0.05) is 6.92 Å². The molecule has 0 unspecified atom stereocenters. The molecule has 0 bridgehead atoms. The molecule has 2 N–H and O–H groups in total. The molecule has 0 aliphatic heterocycles. The van der Waals surface area contributed by atoms with Gasteiger partial charge in [0.05, 0.1) is 11.2 Å². The molecule has 0 aromatic heterocycles. The minimum atomic E-state index is -3.42. The molecule has 0 spiro atoms. The Hall–Kier alpha value is -0.620. The van der Waals surface area contributed by atoms with Crippen molar-refractivity contribution in [1.29, 1.82) is 0 Å². The van der Waals surface area contributed by atoms with Crippen molar-refractivity contribution in [1.82, 2.24) is 4.72 Å². The number of rotatable bonds is 6. The van der Waals surface area contributed by atoms with Gasteiger partial charge in [-0.3, -0.25) is 4.79 Å². The SMILES string of the molecule is CCCS(=O)(=O)NC(C)(C)C(C)(C)C(=O)O. The van der Waals surface area contributed by atoms with Crippen LogP contribution in [0.3, 0.4) is 0 Å². The van der Waals surface area contributed by atoms with Crippen LogP contribution in [-0.4, -0.2) is 30.8 Å². The van der Waals surface area contributed by atoms with Crippen molar-refractivity contribution >= 4 is 16.0 Å². The second-order valence-electron chi connectivity index (χ2n) is 4.98. The fourth-order valence-electron chi connectivity index (χ4n) is 1.10. The van der Waals surface area contributed by atoms with Gasteiger partial charge in [-0.25, -0.2) is 13.1 Å². The van der Waals surface area contributed by atoms with Crippen LogP contribution in [0.15, 0.2) is 0 Å². The van der Waals surface area contributed by atoms with Gasteiger partial charge in [0.1, 0.15) is 0 Å². The predicted octanol–water partition coefficient (Wildman–Crippen LogP) is 1.21. The standard InChI is InChI=1S/C10H21NO4S/c1-6-7-16(14,15)11-10(4,5)9(2,3)8(12)13/h11H,6-7H2,1-5H3,(H,12,13). The molecule has 0 aliphatic carbocycles. The lowest BCUT2D eigenvalue weighted by Crippen LogP contribution is -2.57. The first-order valence-corrected chi connectivity index (χ1v) is 6.86. The van der Waals surface area contributed by atoms with E-state index in [0.717, 1.165) is 0 Å². The average Bonchev–Trinajstić information content (AvgIpc) is 2.00. The maximum Gasteiger partial charge on any atom is 0.310 e. The first kappa shape index (κ1) is 15.4. The van der Waals surface area contributed by atoms with Crippen LogP contribution in [0.5, 0.6) is 0 Å². The molecule has 0 aliphatic rings. The molecule has 16 heavy (non-hydrogen) atoms. The summed E-state index contributed by atoms with van der Waals surface area (Å²) in [4.78, 5) is 11.1. The summed E-state index contributed by atoms with van der Waals surface area (Å²) >= 11 is 0. The Morgan fingerprint density at radius 3 is 2.00 bits per heavy atom. The van der Waals surface area contributed by atoms with Gasteiger partial charge in [-0.2, -0.15) is 0 Å². The van der Waals surface area contributed by atoms with Gasteiger partial charge in [0, 0.05) is 5.54 Å². The van der Waals surface area contributed by atoms with Crippen LogP contribution in [0.4, 0.5) is 0 Å². The molecule has 0 heterocycles. The third-order valence-corrected chi connectivity index (χ3v) is 4.75. The summed E-state index contributed by atoms with van der Waals surface area (Å²) in [5, 5.41) is 9.07. The van der Waals surface area contributed by atoms with E-state index >= 15 is 0 Å². The molecule has 0 rings (SSSR count). The Bertz CT molecular complexity index is 357. The summed E-state index contributed by atoms with van der Waals surface area (Å²) in [6.45, 7) is 7.92. The van der Waals surface area contributed by atoms with E-state index in [-0.39, 0.29) is 5.75 Å². The molecular weight excluding hydrogens is 230 g/mol. The van der Waals surface area contributed by atoms with Crippen LogP contribution in [0.1, 0.15) is 41.0 Å². The summed E-state index contributed by atoms with van der Waals surface area (Å²) in [7, 11) is -3.42.